The van der Waals surface area contributed by atoms with Gasteiger partial charge in [-0.2, -0.15) is 0 Å². The van der Waals surface area contributed by atoms with Crippen molar-refractivity contribution in [2.24, 2.45) is 5.92 Å². The van der Waals surface area contributed by atoms with E-state index in [1.165, 1.54) is 6.92 Å². The van der Waals surface area contributed by atoms with E-state index in [9.17, 15) is 18.0 Å². The van der Waals surface area contributed by atoms with Gasteiger partial charge in [0.1, 0.15) is 6.04 Å². The topological polar surface area (TPSA) is 101 Å². The fraction of sp³-hybridized carbons (Fsp3) is 0.846. The molecule has 1 fully saturated rings. The molecule has 0 heterocycles. The number of carboxylic acids is 1. The summed E-state index contributed by atoms with van der Waals surface area (Å²) in [4.78, 5) is 22.0. The summed E-state index contributed by atoms with van der Waals surface area (Å²) in [6, 6.07) is -1.36. The fourth-order valence-corrected chi connectivity index (χ4v) is 4.78. The Morgan fingerprint density at radius 2 is 2.00 bits per heavy atom. The van der Waals surface area contributed by atoms with Crippen LogP contribution in [-0.2, 0) is 19.4 Å². The predicted molar refractivity (Wildman–Crippen MR) is 75.1 cm³/mol. The summed E-state index contributed by atoms with van der Waals surface area (Å²) in [5.74, 6) is -1.98. The van der Waals surface area contributed by atoms with Crippen LogP contribution in [0.1, 0.15) is 46.0 Å². The Morgan fingerprint density at radius 1 is 1.35 bits per heavy atom. The molecule has 3 unspecified atom stereocenters. The number of carbonyl (C=O) groups is 2. The molecule has 0 aliphatic heterocycles. The van der Waals surface area contributed by atoms with E-state index < -0.39 is 38.8 Å². The van der Waals surface area contributed by atoms with E-state index in [0.29, 0.717) is 18.8 Å². The van der Waals surface area contributed by atoms with Crippen LogP contribution < -0.4 is 5.32 Å². The summed E-state index contributed by atoms with van der Waals surface area (Å²) in [6.07, 6.45) is 4.04. The number of nitrogens with one attached hydrogen (secondary N) is 1. The SMILES string of the molecule is CCC1CCCC(S(=O)(=O)CC(NC(C)=O)C(=O)O)C1. The number of rotatable bonds is 6. The van der Waals surface area contributed by atoms with E-state index in [4.69, 9.17) is 5.11 Å². The maximum atomic E-state index is 12.3. The summed E-state index contributed by atoms with van der Waals surface area (Å²) < 4.78 is 24.7. The Labute approximate surface area is 119 Å². The highest BCUT2D eigenvalue weighted by Crippen LogP contribution is 2.31. The van der Waals surface area contributed by atoms with Crippen molar-refractivity contribution >= 4 is 21.7 Å². The van der Waals surface area contributed by atoms with Gasteiger partial charge in [0.15, 0.2) is 9.84 Å². The molecule has 1 rings (SSSR count). The molecular formula is C13H23NO5S. The van der Waals surface area contributed by atoms with Crippen LogP contribution in [-0.4, -0.2) is 42.4 Å². The van der Waals surface area contributed by atoms with Gasteiger partial charge in [-0.15, -0.1) is 0 Å². The zero-order chi connectivity index (χ0) is 15.3. The molecule has 3 atom stereocenters. The molecule has 0 bridgehead atoms. The fourth-order valence-electron chi connectivity index (χ4n) is 2.73. The van der Waals surface area contributed by atoms with Crippen LogP contribution in [0.3, 0.4) is 0 Å². The Bertz CT molecular complexity index is 459. The normalized spacial score (nSPS) is 24.9. The zero-order valence-corrected chi connectivity index (χ0v) is 12.8. The van der Waals surface area contributed by atoms with Crippen molar-refractivity contribution in [2.75, 3.05) is 5.75 Å². The molecule has 0 spiro atoms. The van der Waals surface area contributed by atoms with Crippen molar-refractivity contribution in [3.8, 4) is 0 Å². The zero-order valence-electron chi connectivity index (χ0n) is 12.0. The highest BCUT2D eigenvalue weighted by atomic mass is 32.2. The molecule has 0 aromatic carbocycles. The second kappa shape index (κ2) is 7.06. The van der Waals surface area contributed by atoms with Crippen LogP contribution in [0.4, 0.5) is 0 Å². The molecule has 0 aromatic rings. The Balaban J connectivity index is 2.76. The summed E-state index contributed by atoms with van der Waals surface area (Å²) in [5, 5.41) is 10.7. The third-order valence-corrected chi connectivity index (χ3v) is 6.14. The van der Waals surface area contributed by atoms with Gasteiger partial charge >= 0.3 is 5.97 Å². The number of hydrogen-bond acceptors (Lipinski definition) is 4. The third-order valence-electron chi connectivity index (χ3n) is 3.89. The number of carbonyl (C=O) groups excluding carboxylic acids is 1. The maximum Gasteiger partial charge on any atom is 0.327 e. The standard InChI is InChI=1S/C13H23NO5S/c1-3-10-5-4-6-11(7-10)20(18,19)8-12(13(16)17)14-9(2)15/h10-12H,3-8H2,1-2H3,(H,14,15)(H,16,17). The number of amides is 1. The number of hydrogen-bond donors (Lipinski definition) is 2. The molecule has 116 valence electrons. The predicted octanol–water partition coefficient (Wildman–Crippen LogP) is 0.959. The lowest BCUT2D eigenvalue weighted by atomic mass is 9.87. The van der Waals surface area contributed by atoms with E-state index >= 15 is 0 Å². The molecule has 1 amide bonds. The molecule has 0 aromatic heterocycles. The lowest BCUT2D eigenvalue weighted by molar-refractivity contribution is -0.140. The molecule has 2 N–H and O–H groups in total. The van der Waals surface area contributed by atoms with Crippen molar-refractivity contribution in [2.45, 2.75) is 57.2 Å². The molecule has 6 nitrogen and oxygen atoms in total. The molecular weight excluding hydrogens is 282 g/mol. The van der Waals surface area contributed by atoms with Gasteiger partial charge in [-0.05, 0) is 18.8 Å². The molecule has 1 aliphatic rings. The smallest absolute Gasteiger partial charge is 0.327 e. The molecule has 1 aliphatic carbocycles. The van der Waals surface area contributed by atoms with Crippen molar-refractivity contribution in [3.05, 3.63) is 0 Å². The first-order chi connectivity index (χ1) is 9.26. The minimum atomic E-state index is -3.51. The number of sulfone groups is 1. The second-order valence-electron chi connectivity index (χ2n) is 5.48. The summed E-state index contributed by atoms with van der Waals surface area (Å²) in [7, 11) is -3.51. The minimum Gasteiger partial charge on any atom is -0.480 e. The van der Waals surface area contributed by atoms with Crippen LogP contribution >= 0.6 is 0 Å². The van der Waals surface area contributed by atoms with Gasteiger partial charge in [-0.25, -0.2) is 13.2 Å². The first-order valence-corrected chi connectivity index (χ1v) is 8.69. The highest BCUT2D eigenvalue weighted by Gasteiger charge is 2.35. The monoisotopic (exact) mass is 305 g/mol. The van der Waals surface area contributed by atoms with E-state index in [1.807, 2.05) is 6.92 Å². The minimum absolute atomic E-state index is 0.396. The van der Waals surface area contributed by atoms with Crippen molar-refractivity contribution in [1.82, 2.24) is 5.32 Å². The Kier molecular flexibility index (Phi) is 5.98. The van der Waals surface area contributed by atoms with Gasteiger partial charge in [0.25, 0.3) is 0 Å². The molecule has 0 radical (unpaired) electrons. The first kappa shape index (κ1) is 16.9. The summed E-state index contributed by atoms with van der Waals surface area (Å²) in [5.41, 5.74) is 0. The Morgan fingerprint density at radius 3 is 2.50 bits per heavy atom. The first-order valence-electron chi connectivity index (χ1n) is 6.97. The lowest BCUT2D eigenvalue weighted by Gasteiger charge is -2.29. The van der Waals surface area contributed by atoms with Crippen molar-refractivity contribution < 1.29 is 23.1 Å². The van der Waals surface area contributed by atoms with Gasteiger partial charge in [-0.3, -0.25) is 4.79 Å². The largest absolute Gasteiger partial charge is 0.480 e. The maximum absolute atomic E-state index is 12.3. The van der Waals surface area contributed by atoms with Crippen LogP contribution in [0.5, 0.6) is 0 Å². The number of aliphatic carboxylic acids is 1. The van der Waals surface area contributed by atoms with Crippen molar-refractivity contribution in [3.63, 3.8) is 0 Å². The molecule has 7 heteroatoms. The van der Waals surface area contributed by atoms with E-state index in [2.05, 4.69) is 5.32 Å². The van der Waals surface area contributed by atoms with Crippen LogP contribution in [0, 0.1) is 5.92 Å². The van der Waals surface area contributed by atoms with Crippen LogP contribution in [0.2, 0.25) is 0 Å². The average Bonchev–Trinajstić information content (AvgIpc) is 2.37. The summed E-state index contributed by atoms with van der Waals surface area (Å²) in [6.45, 7) is 3.22. The average molecular weight is 305 g/mol. The van der Waals surface area contributed by atoms with Crippen LogP contribution in [0.25, 0.3) is 0 Å². The third kappa shape index (κ3) is 4.77. The Hall–Kier alpha value is -1.11. The van der Waals surface area contributed by atoms with Crippen molar-refractivity contribution in [1.29, 1.82) is 0 Å². The lowest BCUT2D eigenvalue weighted by Crippen LogP contribution is -2.46. The van der Waals surface area contributed by atoms with Gasteiger partial charge in [0.2, 0.25) is 5.91 Å². The van der Waals surface area contributed by atoms with Crippen LogP contribution in [0.15, 0.2) is 0 Å². The van der Waals surface area contributed by atoms with Gasteiger partial charge < -0.3 is 10.4 Å². The van der Waals surface area contributed by atoms with Gasteiger partial charge in [0, 0.05) is 6.92 Å². The van der Waals surface area contributed by atoms with E-state index in [0.717, 1.165) is 19.3 Å². The van der Waals surface area contributed by atoms with E-state index in [1.54, 1.807) is 0 Å². The van der Waals surface area contributed by atoms with Gasteiger partial charge in [-0.1, -0.05) is 26.2 Å². The van der Waals surface area contributed by atoms with Gasteiger partial charge in [0.05, 0.1) is 11.0 Å². The second-order valence-corrected chi connectivity index (χ2v) is 7.81. The molecule has 0 saturated heterocycles. The quantitative estimate of drug-likeness (QED) is 0.761. The molecule has 1 saturated carbocycles. The molecule has 20 heavy (non-hydrogen) atoms. The highest BCUT2D eigenvalue weighted by molar-refractivity contribution is 7.92. The summed E-state index contributed by atoms with van der Waals surface area (Å²) >= 11 is 0. The van der Waals surface area contributed by atoms with E-state index in [-0.39, 0.29) is 0 Å². The number of carboxylic acid groups (broad SMARTS) is 1.